The molecule has 3 nitrogen and oxygen atoms in total. The molecule has 0 bridgehead atoms. The molecule has 0 N–H and O–H groups in total. The third-order valence-electron chi connectivity index (χ3n) is 3.50. The highest BCUT2D eigenvalue weighted by atomic mass is 17.2. The SMILES string of the molecule is CCCCC(C)(C)C(=O)OOC(C)(C)c1ccccc1. The molecular formula is C17H26O3. The Balaban J connectivity index is 2.60. The fraction of sp³-hybridized carbons (Fsp3) is 0.588. The van der Waals surface area contributed by atoms with Gasteiger partial charge in [0, 0.05) is 0 Å². The fourth-order valence-electron chi connectivity index (χ4n) is 1.86. The largest absolute Gasteiger partial charge is 0.347 e. The molecule has 3 heteroatoms. The van der Waals surface area contributed by atoms with Crippen molar-refractivity contribution in [3.63, 3.8) is 0 Å². The van der Waals surface area contributed by atoms with E-state index in [0.717, 1.165) is 24.8 Å². The average molecular weight is 278 g/mol. The third-order valence-corrected chi connectivity index (χ3v) is 3.50. The van der Waals surface area contributed by atoms with Crippen molar-refractivity contribution < 1.29 is 14.6 Å². The third kappa shape index (κ3) is 4.64. The van der Waals surface area contributed by atoms with Gasteiger partial charge in [0.25, 0.3) is 0 Å². The Morgan fingerprint density at radius 2 is 1.70 bits per heavy atom. The van der Waals surface area contributed by atoms with Gasteiger partial charge in [0.15, 0.2) is 0 Å². The standard InChI is InChI=1S/C17H26O3/c1-6-7-13-16(2,3)15(18)19-20-17(4,5)14-11-9-8-10-12-14/h8-12H,6-7,13H2,1-5H3. The molecule has 0 aliphatic carbocycles. The molecule has 0 spiro atoms. The van der Waals surface area contributed by atoms with Gasteiger partial charge in [-0.05, 0) is 39.7 Å². The maximum Gasteiger partial charge on any atom is 0.347 e. The Morgan fingerprint density at radius 1 is 1.10 bits per heavy atom. The molecular weight excluding hydrogens is 252 g/mol. The Bertz CT molecular complexity index is 421. The zero-order chi connectivity index (χ0) is 15.2. The topological polar surface area (TPSA) is 35.5 Å². The van der Waals surface area contributed by atoms with Gasteiger partial charge in [-0.1, -0.05) is 50.1 Å². The molecule has 112 valence electrons. The molecule has 0 aromatic heterocycles. The minimum atomic E-state index is -0.655. The lowest BCUT2D eigenvalue weighted by Crippen LogP contribution is -2.31. The van der Waals surface area contributed by atoms with Crippen molar-refractivity contribution in [3.05, 3.63) is 35.9 Å². The van der Waals surface area contributed by atoms with Gasteiger partial charge in [-0.2, -0.15) is 4.89 Å². The van der Waals surface area contributed by atoms with Crippen LogP contribution in [0.3, 0.4) is 0 Å². The van der Waals surface area contributed by atoms with Crippen LogP contribution in [0.4, 0.5) is 0 Å². The van der Waals surface area contributed by atoms with E-state index in [9.17, 15) is 4.79 Å². The second-order valence-electron chi connectivity index (χ2n) is 6.32. The van der Waals surface area contributed by atoms with Crippen LogP contribution in [0.15, 0.2) is 30.3 Å². The molecule has 0 aliphatic heterocycles. The molecule has 0 fully saturated rings. The van der Waals surface area contributed by atoms with Gasteiger partial charge >= 0.3 is 5.97 Å². The monoisotopic (exact) mass is 278 g/mol. The maximum atomic E-state index is 12.1. The smallest absolute Gasteiger partial charge is 0.297 e. The first-order valence-electron chi connectivity index (χ1n) is 7.25. The molecule has 0 aliphatic rings. The van der Waals surface area contributed by atoms with Crippen molar-refractivity contribution >= 4 is 5.97 Å². The van der Waals surface area contributed by atoms with E-state index in [4.69, 9.17) is 9.78 Å². The molecule has 0 radical (unpaired) electrons. The molecule has 0 heterocycles. The lowest BCUT2D eigenvalue weighted by atomic mass is 9.87. The highest BCUT2D eigenvalue weighted by Crippen LogP contribution is 2.29. The van der Waals surface area contributed by atoms with E-state index in [1.165, 1.54) is 0 Å². The molecule has 0 atom stereocenters. The van der Waals surface area contributed by atoms with Crippen LogP contribution in [0.1, 0.15) is 59.4 Å². The number of carbonyl (C=O) groups excluding carboxylic acids is 1. The van der Waals surface area contributed by atoms with Crippen LogP contribution < -0.4 is 0 Å². The Kier molecular flexibility index (Phi) is 5.75. The number of hydrogen-bond acceptors (Lipinski definition) is 3. The summed E-state index contributed by atoms with van der Waals surface area (Å²) in [7, 11) is 0. The molecule has 1 aromatic carbocycles. The summed E-state index contributed by atoms with van der Waals surface area (Å²) in [5.74, 6) is -0.310. The van der Waals surface area contributed by atoms with E-state index in [-0.39, 0.29) is 5.97 Å². The highest BCUT2D eigenvalue weighted by molar-refractivity contribution is 5.75. The normalized spacial score (nSPS) is 12.2. The minimum Gasteiger partial charge on any atom is -0.297 e. The van der Waals surface area contributed by atoms with E-state index < -0.39 is 11.0 Å². The molecule has 0 unspecified atom stereocenters. The minimum absolute atomic E-state index is 0.310. The average Bonchev–Trinajstić information content (AvgIpc) is 2.43. The first-order valence-corrected chi connectivity index (χ1v) is 7.25. The molecule has 0 amide bonds. The Labute approximate surface area is 122 Å². The van der Waals surface area contributed by atoms with E-state index in [1.807, 2.05) is 58.0 Å². The summed E-state index contributed by atoms with van der Waals surface area (Å²) in [5, 5.41) is 0. The summed E-state index contributed by atoms with van der Waals surface area (Å²) in [6, 6.07) is 9.73. The van der Waals surface area contributed by atoms with Crippen molar-refractivity contribution in [2.24, 2.45) is 5.41 Å². The molecule has 0 saturated carbocycles. The fourth-order valence-corrected chi connectivity index (χ4v) is 1.86. The quantitative estimate of drug-likeness (QED) is 0.539. The number of benzene rings is 1. The first-order chi connectivity index (χ1) is 9.29. The zero-order valence-electron chi connectivity index (χ0n) is 13.2. The van der Waals surface area contributed by atoms with Gasteiger partial charge in [-0.3, -0.25) is 4.89 Å². The van der Waals surface area contributed by atoms with Crippen LogP contribution in [0, 0.1) is 5.41 Å². The maximum absolute atomic E-state index is 12.1. The van der Waals surface area contributed by atoms with Crippen LogP contribution in [0.2, 0.25) is 0 Å². The van der Waals surface area contributed by atoms with Gasteiger partial charge in [-0.25, -0.2) is 4.79 Å². The van der Waals surface area contributed by atoms with Gasteiger partial charge in [0.05, 0.1) is 5.41 Å². The number of rotatable bonds is 7. The first kappa shape index (κ1) is 16.7. The predicted molar refractivity (Wildman–Crippen MR) is 80.0 cm³/mol. The van der Waals surface area contributed by atoms with E-state index in [1.54, 1.807) is 0 Å². The summed E-state index contributed by atoms with van der Waals surface area (Å²) >= 11 is 0. The van der Waals surface area contributed by atoms with Crippen molar-refractivity contribution in [2.45, 2.75) is 59.5 Å². The van der Waals surface area contributed by atoms with Gasteiger partial charge in [0.1, 0.15) is 5.60 Å². The van der Waals surface area contributed by atoms with Crippen LogP contribution in [-0.2, 0) is 20.2 Å². The summed E-state index contributed by atoms with van der Waals surface area (Å²) in [6.07, 6.45) is 2.87. The van der Waals surface area contributed by atoms with Crippen LogP contribution in [-0.4, -0.2) is 5.97 Å². The van der Waals surface area contributed by atoms with Gasteiger partial charge in [0.2, 0.25) is 0 Å². The van der Waals surface area contributed by atoms with E-state index >= 15 is 0 Å². The van der Waals surface area contributed by atoms with E-state index in [0.29, 0.717) is 0 Å². The lowest BCUT2D eigenvalue weighted by molar-refractivity contribution is -0.335. The van der Waals surface area contributed by atoms with Crippen molar-refractivity contribution in [1.29, 1.82) is 0 Å². The Hall–Kier alpha value is -1.35. The van der Waals surface area contributed by atoms with Gasteiger partial charge < -0.3 is 0 Å². The second-order valence-corrected chi connectivity index (χ2v) is 6.32. The summed E-state index contributed by atoms with van der Waals surface area (Å²) in [5.41, 5.74) is -0.195. The summed E-state index contributed by atoms with van der Waals surface area (Å²) in [4.78, 5) is 22.6. The van der Waals surface area contributed by atoms with Crippen molar-refractivity contribution in [2.75, 3.05) is 0 Å². The predicted octanol–water partition coefficient (Wildman–Crippen LogP) is 4.61. The highest BCUT2D eigenvalue weighted by Gasteiger charge is 2.32. The molecule has 0 saturated heterocycles. The molecule has 20 heavy (non-hydrogen) atoms. The number of hydrogen-bond donors (Lipinski definition) is 0. The molecule has 1 aromatic rings. The van der Waals surface area contributed by atoms with Crippen LogP contribution >= 0.6 is 0 Å². The van der Waals surface area contributed by atoms with Crippen molar-refractivity contribution in [1.82, 2.24) is 0 Å². The number of carbonyl (C=O) groups is 1. The molecule has 1 rings (SSSR count). The van der Waals surface area contributed by atoms with Crippen molar-refractivity contribution in [3.8, 4) is 0 Å². The zero-order valence-corrected chi connectivity index (χ0v) is 13.2. The van der Waals surface area contributed by atoms with Gasteiger partial charge in [-0.15, -0.1) is 0 Å². The van der Waals surface area contributed by atoms with Crippen LogP contribution in [0.25, 0.3) is 0 Å². The summed E-state index contributed by atoms with van der Waals surface area (Å²) < 4.78 is 0. The second kappa shape index (κ2) is 6.89. The van der Waals surface area contributed by atoms with Crippen LogP contribution in [0.5, 0.6) is 0 Å². The number of unbranched alkanes of at least 4 members (excludes halogenated alkanes) is 1. The lowest BCUT2D eigenvalue weighted by Gasteiger charge is -2.27. The summed E-state index contributed by atoms with van der Waals surface area (Å²) in [6.45, 7) is 9.66. The van der Waals surface area contributed by atoms with E-state index in [2.05, 4.69) is 6.92 Å². The Morgan fingerprint density at radius 3 is 2.25 bits per heavy atom.